The molecule has 154 valence electrons. The number of aliphatic hydroxyl groups is 1. The summed E-state index contributed by atoms with van der Waals surface area (Å²) in [5.41, 5.74) is 0. The number of unbranched alkanes of at least 4 members (excludes halogenated alkanes) is 3. The van der Waals surface area contributed by atoms with E-state index in [9.17, 15) is 18.7 Å². The molecule has 3 aliphatic heterocycles. The molecule has 0 saturated carbocycles. The van der Waals surface area contributed by atoms with E-state index in [1.807, 2.05) is 6.08 Å². The normalized spacial score (nSPS) is 30.5. The lowest BCUT2D eigenvalue weighted by Crippen LogP contribution is -2.70. The third-order valence-electron chi connectivity index (χ3n) is 5.02. The van der Waals surface area contributed by atoms with Gasteiger partial charge in [0, 0.05) is 12.3 Å². The number of allylic oxidation sites excluding steroid dienone is 2. The Bertz CT molecular complexity index is 534. The first-order valence-electron chi connectivity index (χ1n) is 9.78. The Morgan fingerprint density at radius 2 is 2.00 bits per heavy atom. The van der Waals surface area contributed by atoms with Gasteiger partial charge in [0.15, 0.2) is 0 Å². The van der Waals surface area contributed by atoms with Crippen LogP contribution in [0.1, 0.15) is 58.3 Å². The van der Waals surface area contributed by atoms with Gasteiger partial charge >= 0.3 is 11.9 Å². The van der Waals surface area contributed by atoms with Crippen molar-refractivity contribution in [3.05, 3.63) is 24.3 Å². The monoisotopic (exact) mass is 388 g/mol. The summed E-state index contributed by atoms with van der Waals surface area (Å²) in [6, 6.07) is 0. The minimum absolute atomic E-state index is 0.0870. The number of carboxylic acid groups (broad SMARTS) is 1. The summed E-state index contributed by atoms with van der Waals surface area (Å²) < 4.78 is 38.5. The lowest BCUT2D eigenvalue weighted by atomic mass is 9.81. The third-order valence-corrected chi connectivity index (χ3v) is 5.02. The minimum Gasteiger partial charge on any atom is -0.481 e. The molecule has 0 aromatic carbocycles. The number of carboxylic acids is 1. The topological polar surface area (TPSA) is 76.0 Å². The number of aliphatic carboxylic acids is 1. The van der Waals surface area contributed by atoms with Gasteiger partial charge in [-0.2, -0.15) is 8.78 Å². The van der Waals surface area contributed by atoms with Crippen molar-refractivity contribution in [2.24, 2.45) is 5.92 Å². The number of hydrogen-bond acceptors (Lipinski definition) is 4. The second-order valence-corrected chi connectivity index (χ2v) is 7.27. The van der Waals surface area contributed by atoms with E-state index in [4.69, 9.17) is 14.6 Å². The summed E-state index contributed by atoms with van der Waals surface area (Å²) in [4.78, 5) is 10.5. The molecular weight excluding hydrogens is 358 g/mol. The second kappa shape index (κ2) is 10.3. The first kappa shape index (κ1) is 22.0. The molecule has 2 N–H and O–H groups in total. The Balaban J connectivity index is 1.88. The molecule has 3 heterocycles. The molecule has 0 aliphatic carbocycles. The highest BCUT2D eigenvalue weighted by Crippen LogP contribution is 2.50. The molecule has 2 bridgehead atoms. The van der Waals surface area contributed by atoms with E-state index >= 15 is 0 Å². The van der Waals surface area contributed by atoms with Crippen molar-refractivity contribution in [1.82, 2.24) is 0 Å². The molecule has 27 heavy (non-hydrogen) atoms. The maximum atomic E-state index is 14.0. The van der Waals surface area contributed by atoms with E-state index in [2.05, 4.69) is 6.92 Å². The van der Waals surface area contributed by atoms with E-state index < -0.39 is 42.4 Å². The first-order chi connectivity index (χ1) is 12.9. The molecule has 7 heteroatoms. The molecule has 5 nitrogen and oxygen atoms in total. The average Bonchev–Trinajstić information content (AvgIpc) is 2.62. The van der Waals surface area contributed by atoms with Crippen LogP contribution in [0.2, 0.25) is 0 Å². The van der Waals surface area contributed by atoms with Gasteiger partial charge < -0.3 is 19.7 Å². The molecule has 0 aromatic rings. The number of halogens is 2. The Morgan fingerprint density at radius 3 is 2.67 bits per heavy atom. The van der Waals surface area contributed by atoms with E-state index in [0.717, 1.165) is 19.3 Å². The summed E-state index contributed by atoms with van der Waals surface area (Å²) in [6.07, 6.45) is 8.28. The van der Waals surface area contributed by atoms with Gasteiger partial charge in [-0.15, -0.1) is 0 Å². The lowest BCUT2D eigenvalue weighted by Gasteiger charge is -2.54. The van der Waals surface area contributed by atoms with Crippen LogP contribution in [0.3, 0.4) is 0 Å². The standard InChI is InChI=1S/C20H30F2O5/c1-2-3-6-9-14(23)12-13-16-15(10-7-4-5-8-11-17(24)25)18-20(21,22)19(26-16)27-18/h4,7,12-16,18-19,23H,2-3,5-6,8-11H2,1H3,(H,24,25)/b7-4+,13-12+. The van der Waals surface area contributed by atoms with Crippen molar-refractivity contribution in [2.75, 3.05) is 0 Å². The maximum Gasteiger partial charge on any atom is 0.323 e. The van der Waals surface area contributed by atoms with Crippen LogP contribution in [0.5, 0.6) is 0 Å². The molecule has 0 radical (unpaired) electrons. The van der Waals surface area contributed by atoms with Crippen LogP contribution in [-0.4, -0.2) is 46.7 Å². The average molecular weight is 388 g/mol. The summed E-state index contributed by atoms with van der Waals surface area (Å²) in [5.74, 6) is -4.38. The highest BCUT2D eigenvalue weighted by atomic mass is 19.3. The Morgan fingerprint density at radius 1 is 1.22 bits per heavy atom. The van der Waals surface area contributed by atoms with Crippen LogP contribution in [0.25, 0.3) is 0 Å². The quantitative estimate of drug-likeness (QED) is 0.389. The SMILES string of the molecule is CCCCCC(O)/C=C/C1OC2OC(C1C/C=C/CCCC(=O)O)C2(F)F. The predicted molar refractivity (Wildman–Crippen MR) is 96.5 cm³/mol. The highest BCUT2D eigenvalue weighted by molar-refractivity contribution is 5.66. The van der Waals surface area contributed by atoms with Gasteiger partial charge in [-0.1, -0.05) is 50.5 Å². The zero-order valence-corrected chi connectivity index (χ0v) is 15.7. The van der Waals surface area contributed by atoms with Crippen molar-refractivity contribution in [3.63, 3.8) is 0 Å². The second-order valence-electron chi connectivity index (χ2n) is 7.27. The van der Waals surface area contributed by atoms with Crippen LogP contribution < -0.4 is 0 Å². The number of ether oxygens (including phenoxy) is 2. The van der Waals surface area contributed by atoms with Gasteiger partial charge in [0.05, 0.1) is 12.2 Å². The van der Waals surface area contributed by atoms with Crippen molar-refractivity contribution in [1.29, 1.82) is 0 Å². The van der Waals surface area contributed by atoms with Crippen molar-refractivity contribution >= 4 is 5.97 Å². The fraction of sp³-hybridized carbons (Fsp3) is 0.750. The van der Waals surface area contributed by atoms with Gasteiger partial charge in [-0.3, -0.25) is 4.79 Å². The number of hydrogen-bond donors (Lipinski definition) is 2. The van der Waals surface area contributed by atoms with Crippen LogP contribution in [0.4, 0.5) is 8.78 Å². The molecule has 3 aliphatic rings. The predicted octanol–water partition coefficient (Wildman–Crippen LogP) is 4.06. The summed E-state index contributed by atoms with van der Waals surface area (Å²) in [6.45, 7) is 2.09. The van der Waals surface area contributed by atoms with E-state index in [1.54, 1.807) is 18.2 Å². The minimum atomic E-state index is -2.99. The Hall–Kier alpha value is -1.31. The Kier molecular flexibility index (Phi) is 8.38. The van der Waals surface area contributed by atoms with Crippen molar-refractivity contribution in [3.8, 4) is 0 Å². The largest absolute Gasteiger partial charge is 0.481 e. The summed E-state index contributed by atoms with van der Waals surface area (Å²) in [5, 5.41) is 18.6. The number of rotatable bonds is 12. The van der Waals surface area contributed by atoms with Gasteiger partial charge in [0.25, 0.3) is 0 Å². The third kappa shape index (κ3) is 6.09. The molecule has 3 saturated heterocycles. The number of alkyl halides is 2. The summed E-state index contributed by atoms with van der Waals surface area (Å²) in [7, 11) is 0. The molecule has 3 fully saturated rings. The van der Waals surface area contributed by atoms with Crippen molar-refractivity contribution < 1.29 is 33.3 Å². The fourth-order valence-corrected chi connectivity index (χ4v) is 3.43. The Labute approximate surface area is 159 Å². The molecule has 5 unspecified atom stereocenters. The van der Waals surface area contributed by atoms with Gasteiger partial charge in [-0.05, 0) is 25.7 Å². The molecule has 5 atom stereocenters. The van der Waals surface area contributed by atoms with Crippen LogP contribution in [-0.2, 0) is 14.3 Å². The van der Waals surface area contributed by atoms with Gasteiger partial charge in [0.2, 0.25) is 6.29 Å². The first-order valence-corrected chi connectivity index (χ1v) is 9.78. The smallest absolute Gasteiger partial charge is 0.323 e. The molecular formula is C20H30F2O5. The molecule has 0 amide bonds. The van der Waals surface area contributed by atoms with Crippen LogP contribution in [0, 0.1) is 5.92 Å². The van der Waals surface area contributed by atoms with Gasteiger partial charge in [-0.25, -0.2) is 0 Å². The fourth-order valence-electron chi connectivity index (χ4n) is 3.43. The molecule has 0 aromatic heterocycles. The van der Waals surface area contributed by atoms with E-state index in [1.165, 1.54) is 0 Å². The van der Waals surface area contributed by atoms with Crippen LogP contribution >= 0.6 is 0 Å². The molecule has 0 spiro atoms. The lowest BCUT2D eigenvalue weighted by molar-refractivity contribution is -0.451. The van der Waals surface area contributed by atoms with Crippen LogP contribution in [0.15, 0.2) is 24.3 Å². The van der Waals surface area contributed by atoms with Crippen molar-refractivity contribution in [2.45, 2.75) is 88.8 Å². The number of aliphatic hydroxyl groups excluding tert-OH is 1. The number of fused-ring (bicyclic) bond motifs is 2. The van der Waals surface area contributed by atoms with E-state index in [0.29, 0.717) is 25.7 Å². The summed E-state index contributed by atoms with van der Waals surface area (Å²) >= 11 is 0. The van der Waals surface area contributed by atoms with E-state index in [-0.39, 0.29) is 6.42 Å². The highest BCUT2D eigenvalue weighted by Gasteiger charge is 2.68. The zero-order chi connectivity index (χ0) is 19.9. The van der Waals surface area contributed by atoms with Gasteiger partial charge in [0.1, 0.15) is 6.10 Å². The number of carbonyl (C=O) groups is 1. The molecule has 3 rings (SSSR count). The zero-order valence-electron chi connectivity index (χ0n) is 15.7. The maximum absolute atomic E-state index is 14.0.